The van der Waals surface area contributed by atoms with Gasteiger partial charge in [0.2, 0.25) is 5.91 Å². The van der Waals surface area contributed by atoms with Crippen LogP contribution in [-0.4, -0.2) is 49.4 Å². The second kappa shape index (κ2) is 8.94. The molecule has 0 spiro atoms. The zero-order valence-corrected chi connectivity index (χ0v) is 17.0. The molecule has 0 bridgehead atoms. The van der Waals surface area contributed by atoms with E-state index in [1.54, 1.807) is 0 Å². The number of rotatable bonds is 8. The molecular formula is C22H25FN4O3. The summed E-state index contributed by atoms with van der Waals surface area (Å²) in [5.41, 5.74) is 0.209. The zero-order chi connectivity index (χ0) is 21.7. The molecule has 3 rings (SSSR count). The number of halogens is 1. The molecule has 0 saturated carbocycles. The fourth-order valence-electron chi connectivity index (χ4n) is 3.37. The summed E-state index contributed by atoms with van der Waals surface area (Å²) in [5.74, 6) is -1.39. The molecule has 1 saturated heterocycles. The summed E-state index contributed by atoms with van der Waals surface area (Å²) in [6, 6.07) is 14.6. The van der Waals surface area contributed by atoms with Crippen molar-refractivity contribution in [2.24, 2.45) is 0 Å². The highest BCUT2D eigenvalue weighted by atomic mass is 19.1. The molecule has 2 aromatic rings. The number of imide groups is 1. The summed E-state index contributed by atoms with van der Waals surface area (Å²) in [6.07, 6.45) is 0.713. The maximum absolute atomic E-state index is 13.2. The van der Waals surface area contributed by atoms with Gasteiger partial charge in [-0.25, -0.2) is 9.18 Å². The van der Waals surface area contributed by atoms with Crippen LogP contribution in [0.2, 0.25) is 0 Å². The topological polar surface area (TPSA) is 81.8 Å². The van der Waals surface area contributed by atoms with Gasteiger partial charge < -0.3 is 15.5 Å². The first kappa shape index (κ1) is 21.3. The minimum atomic E-state index is -1.33. The van der Waals surface area contributed by atoms with Crippen molar-refractivity contribution >= 4 is 23.5 Å². The van der Waals surface area contributed by atoms with E-state index < -0.39 is 29.2 Å². The van der Waals surface area contributed by atoms with Crippen molar-refractivity contribution in [3.05, 3.63) is 66.0 Å². The number of anilines is 1. The lowest BCUT2D eigenvalue weighted by Crippen LogP contribution is -2.43. The second-order valence-electron chi connectivity index (χ2n) is 7.41. The summed E-state index contributed by atoms with van der Waals surface area (Å²) in [4.78, 5) is 40.3. The predicted molar refractivity (Wildman–Crippen MR) is 111 cm³/mol. The predicted octanol–water partition coefficient (Wildman–Crippen LogP) is 2.24. The molecule has 2 N–H and O–H groups in total. The number of nitrogens with one attached hydrogen (secondary N) is 2. The number of nitrogens with zero attached hydrogens (tertiary/aromatic N) is 2. The molecule has 1 aliphatic heterocycles. The molecule has 0 unspecified atom stereocenters. The summed E-state index contributed by atoms with van der Waals surface area (Å²) in [6.45, 7) is 2.35. The number of carbonyl (C=O) groups is 3. The van der Waals surface area contributed by atoms with E-state index in [0.29, 0.717) is 18.5 Å². The van der Waals surface area contributed by atoms with E-state index in [1.165, 1.54) is 31.2 Å². The molecule has 158 valence electrons. The molecule has 1 heterocycles. The summed E-state index contributed by atoms with van der Waals surface area (Å²) in [7, 11) is 1.97. The smallest absolute Gasteiger partial charge is 0.325 e. The van der Waals surface area contributed by atoms with Crippen molar-refractivity contribution in [3.8, 4) is 0 Å². The van der Waals surface area contributed by atoms with Crippen molar-refractivity contribution in [3.63, 3.8) is 0 Å². The molecule has 0 aromatic heterocycles. The van der Waals surface area contributed by atoms with Gasteiger partial charge in [-0.2, -0.15) is 0 Å². The highest BCUT2D eigenvalue weighted by Crippen LogP contribution is 2.28. The fourth-order valence-corrected chi connectivity index (χ4v) is 3.37. The Bertz CT molecular complexity index is 920. The number of urea groups is 1. The largest absolute Gasteiger partial charge is 0.375 e. The van der Waals surface area contributed by atoms with Gasteiger partial charge in [0.25, 0.3) is 5.91 Å². The highest BCUT2D eigenvalue weighted by Gasteiger charge is 2.49. The quantitative estimate of drug-likeness (QED) is 0.515. The van der Waals surface area contributed by atoms with Crippen LogP contribution >= 0.6 is 0 Å². The average molecular weight is 412 g/mol. The third-order valence-electron chi connectivity index (χ3n) is 5.19. The van der Waals surface area contributed by atoms with Crippen LogP contribution in [0.5, 0.6) is 0 Å². The minimum Gasteiger partial charge on any atom is -0.375 e. The normalized spacial score (nSPS) is 18.3. The molecule has 0 aliphatic carbocycles. The Labute approximate surface area is 174 Å². The van der Waals surface area contributed by atoms with Crippen LogP contribution in [0.15, 0.2) is 54.6 Å². The molecule has 2 aromatic carbocycles. The molecule has 0 radical (unpaired) electrons. The van der Waals surface area contributed by atoms with E-state index in [1.807, 2.05) is 37.4 Å². The number of amides is 4. The first-order chi connectivity index (χ1) is 14.3. The van der Waals surface area contributed by atoms with Gasteiger partial charge in [-0.05, 0) is 43.2 Å². The number of carbonyl (C=O) groups excluding carboxylic acids is 3. The first-order valence-electron chi connectivity index (χ1n) is 9.74. The number of hydrogen-bond acceptors (Lipinski definition) is 4. The van der Waals surface area contributed by atoms with Gasteiger partial charge in [-0.3, -0.25) is 14.5 Å². The Morgan fingerprint density at radius 2 is 1.80 bits per heavy atom. The van der Waals surface area contributed by atoms with E-state index in [-0.39, 0.29) is 6.54 Å². The molecular weight excluding hydrogens is 387 g/mol. The van der Waals surface area contributed by atoms with E-state index in [2.05, 4.69) is 15.5 Å². The van der Waals surface area contributed by atoms with E-state index in [0.717, 1.165) is 17.1 Å². The van der Waals surface area contributed by atoms with Gasteiger partial charge in [0.05, 0.1) is 0 Å². The lowest BCUT2D eigenvalue weighted by molar-refractivity contribution is -0.134. The standard InChI is InChI=1S/C22H25FN4O3/c1-22(16-9-11-17(23)12-10-16)20(29)27(21(30)25-22)15-19(28)24-13-6-14-26(2)18-7-4-3-5-8-18/h3-5,7-12H,6,13-15H2,1-2H3,(H,24,28)(H,25,30)/t22-/m1/s1. The van der Waals surface area contributed by atoms with Crippen LogP contribution in [0.25, 0.3) is 0 Å². The zero-order valence-electron chi connectivity index (χ0n) is 17.0. The van der Waals surface area contributed by atoms with Crippen molar-refractivity contribution in [1.82, 2.24) is 15.5 Å². The third-order valence-corrected chi connectivity index (χ3v) is 5.19. The van der Waals surface area contributed by atoms with Crippen LogP contribution in [-0.2, 0) is 15.1 Å². The Hall–Kier alpha value is -3.42. The van der Waals surface area contributed by atoms with Crippen molar-refractivity contribution in [2.75, 3.05) is 31.6 Å². The summed E-state index contributed by atoms with van der Waals surface area (Å²) >= 11 is 0. The molecule has 4 amide bonds. The van der Waals surface area contributed by atoms with Crippen molar-refractivity contribution in [1.29, 1.82) is 0 Å². The first-order valence-corrected chi connectivity index (χ1v) is 9.74. The summed E-state index contributed by atoms with van der Waals surface area (Å²) in [5, 5.41) is 5.34. The minimum absolute atomic E-state index is 0.365. The Balaban J connectivity index is 1.49. The average Bonchev–Trinajstić information content (AvgIpc) is 2.96. The second-order valence-corrected chi connectivity index (χ2v) is 7.41. The maximum atomic E-state index is 13.2. The molecule has 30 heavy (non-hydrogen) atoms. The van der Waals surface area contributed by atoms with Gasteiger partial charge in [0, 0.05) is 25.8 Å². The lowest BCUT2D eigenvalue weighted by atomic mass is 9.92. The van der Waals surface area contributed by atoms with Gasteiger partial charge in [-0.15, -0.1) is 0 Å². The molecule has 1 fully saturated rings. The number of benzene rings is 2. The van der Waals surface area contributed by atoms with Crippen LogP contribution in [0.3, 0.4) is 0 Å². The molecule has 8 heteroatoms. The Kier molecular flexibility index (Phi) is 6.34. The molecule has 7 nitrogen and oxygen atoms in total. The molecule has 1 aliphatic rings. The van der Waals surface area contributed by atoms with Crippen molar-refractivity contribution in [2.45, 2.75) is 18.9 Å². The van der Waals surface area contributed by atoms with E-state index in [4.69, 9.17) is 0 Å². The number of hydrogen-bond donors (Lipinski definition) is 2. The van der Waals surface area contributed by atoms with Gasteiger partial charge in [0.1, 0.15) is 17.9 Å². The summed E-state index contributed by atoms with van der Waals surface area (Å²) < 4.78 is 13.2. The highest BCUT2D eigenvalue weighted by molar-refractivity contribution is 6.09. The number of para-hydroxylation sites is 1. The van der Waals surface area contributed by atoms with E-state index >= 15 is 0 Å². The lowest BCUT2D eigenvalue weighted by Gasteiger charge is -2.22. The monoisotopic (exact) mass is 412 g/mol. The fraction of sp³-hybridized carbons (Fsp3) is 0.318. The van der Waals surface area contributed by atoms with Gasteiger partial charge in [-0.1, -0.05) is 30.3 Å². The SMILES string of the molecule is CN(CCCNC(=O)CN1C(=O)N[C@](C)(c2ccc(F)cc2)C1=O)c1ccccc1. The van der Waals surface area contributed by atoms with Crippen LogP contribution in [0, 0.1) is 5.82 Å². The van der Waals surface area contributed by atoms with Crippen LogP contribution in [0.4, 0.5) is 14.9 Å². The third kappa shape index (κ3) is 4.59. The Morgan fingerprint density at radius 1 is 1.13 bits per heavy atom. The van der Waals surface area contributed by atoms with Gasteiger partial charge >= 0.3 is 6.03 Å². The Morgan fingerprint density at radius 3 is 2.47 bits per heavy atom. The van der Waals surface area contributed by atoms with Gasteiger partial charge in [0.15, 0.2) is 0 Å². The van der Waals surface area contributed by atoms with Crippen molar-refractivity contribution < 1.29 is 18.8 Å². The van der Waals surface area contributed by atoms with Crippen LogP contribution < -0.4 is 15.5 Å². The van der Waals surface area contributed by atoms with Crippen LogP contribution in [0.1, 0.15) is 18.9 Å². The molecule has 1 atom stereocenters. The van der Waals surface area contributed by atoms with E-state index in [9.17, 15) is 18.8 Å². The maximum Gasteiger partial charge on any atom is 0.325 e.